The van der Waals surface area contributed by atoms with E-state index in [9.17, 15) is 31.2 Å². The number of hydroxylamine groups is 2. The maximum absolute atomic E-state index is 11.8. The fourth-order valence-corrected chi connectivity index (χ4v) is 0.958. The van der Waals surface area contributed by atoms with Crippen LogP contribution in [0.2, 0.25) is 0 Å². The molecule has 6 nitrogen and oxygen atoms in total. The van der Waals surface area contributed by atoms with Crippen LogP contribution in [-0.2, 0) is 24.0 Å². The molecule has 15 heavy (non-hydrogen) atoms. The summed E-state index contributed by atoms with van der Waals surface area (Å²) in [6.45, 7) is 1.35. The number of imide groups is 1. The molecular formula is C5H6F3NO5S. The minimum absolute atomic E-state index is 0.497. The first kappa shape index (κ1) is 13.8. The lowest BCUT2D eigenvalue weighted by Gasteiger charge is -2.16. The fraction of sp³-hybridized carbons (Fsp3) is 0.600. The van der Waals surface area contributed by atoms with Gasteiger partial charge in [0.15, 0.2) is 0 Å². The number of hydrogen-bond donors (Lipinski definition) is 0. The number of nitrogens with zero attached hydrogens (tertiary/aromatic N) is 1. The summed E-state index contributed by atoms with van der Waals surface area (Å²) in [5, 5.41) is -0.497. The molecule has 0 fully saturated rings. The Balaban J connectivity index is 5.02. The van der Waals surface area contributed by atoms with Crippen molar-refractivity contribution in [3.8, 4) is 0 Å². The molecule has 10 heteroatoms. The lowest BCUT2D eigenvalue weighted by Crippen LogP contribution is -2.39. The summed E-state index contributed by atoms with van der Waals surface area (Å²) >= 11 is 0. The highest BCUT2D eigenvalue weighted by Gasteiger charge is 2.50. The maximum atomic E-state index is 11.8. The van der Waals surface area contributed by atoms with Crippen LogP contribution in [0.5, 0.6) is 0 Å². The van der Waals surface area contributed by atoms with E-state index in [0.29, 0.717) is 13.8 Å². The van der Waals surface area contributed by atoms with Crippen LogP contribution in [0.25, 0.3) is 0 Å². The third kappa shape index (κ3) is 3.47. The number of amides is 2. The van der Waals surface area contributed by atoms with Crippen LogP contribution in [-0.4, -0.2) is 30.8 Å². The molecule has 0 aromatic heterocycles. The summed E-state index contributed by atoms with van der Waals surface area (Å²) in [7, 11) is -6.00. The number of rotatable bonds is 2. The van der Waals surface area contributed by atoms with Gasteiger partial charge in [0, 0.05) is 13.8 Å². The third-order valence-electron chi connectivity index (χ3n) is 1.03. The van der Waals surface area contributed by atoms with Crippen LogP contribution in [0, 0.1) is 0 Å². The van der Waals surface area contributed by atoms with Gasteiger partial charge in [-0.25, -0.2) is 0 Å². The van der Waals surface area contributed by atoms with Crippen LogP contribution in [0.4, 0.5) is 13.2 Å². The van der Waals surface area contributed by atoms with E-state index in [0.717, 1.165) is 0 Å². The molecule has 0 rings (SSSR count). The van der Waals surface area contributed by atoms with Gasteiger partial charge in [0.05, 0.1) is 0 Å². The van der Waals surface area contributed by atoms with Crippen molar-refractivity contribution in [1.82, 2.24) is 5.06 Å². The van der Waals surface area contributed by atoms with E-state index in [2.05, 4.69) is 4.28 Å². The highest BCUT2D eigenvalue weighted by Crippen LogP contribution is 2.25. The first-order valence-corrected chi connectivity index (χ1v) is 4.72. The highest BCUT2D eigenvalue weighted by atomic mass is 32.2. The Morgan fingerprint density at radius 3 is 1.67 bits per heavy atom. The second-order valence-electron chi connectivity index (χ2n) is 2.31. The Morgan fingerprint density at radius 2 is 1.47 bits per heavy atom. The van der Waals surface area contributed by atoms with E-state index in [1.54, 1.807) is 0 Å². The van der Waals surface area contributed by atoms with E-state index in [1.165, 1.54) is 0 Å². The predicted octanol–water partition coefficient (Wildman–Crippen LogP) is 0.163. The molecular weight excluding hydrogens is 243 g/mol. The van der Waals surface area contributed by atoms with Crippen LogP contribution < -0.4 is 0 Å². The van der Waals surface area contributed by atoms with E-state index < -0.39 is 32.5 Å². The Bertz CT molecular complexity index is 359. The summed E-state index contributed by atoms with van der Waals surface area (Å²) < 4.78 is 59.3. The Kier molecular flexibility index (Phi) is 3.82. The van der Waals surface area contributed by atoms with Crippen molar-refractivity contribution in [1.29, 1.82) is 0 Å². The summed E-state index contributed by atoms with van der Waals surface area (Å²) in [6, 6.07) is 0. The van der Waals surface area contributed by atoms with Crippen molar-refractivity contribution < 1.29 is 35.5 Å². The minimum Gasteiger partial charge on any atom is -0.272 e. The van der Waals surface area contributed by atoms with Crippen molar-refractivity contribution in [3.05, 3.63) is 0 Å². The maximum Gasteiger partial charge on any atom is 0.525 e. The van der Waals surface area contributed by atoms with Gasteiger partial charge in [0.1, 0.15) is 0 Å². The average molecular weight is 249 g/mol. The zero-order chi connectivity index (χ0) is 12.4. The Hall–Kier alpha value is -1.16. The van der Waals surface area contributed by atoms with Crippen LogP contribution in [0.1, 0.15) is 13.8 Å². The van der Waals surface area contributed by atoms with Gasteiger partial charge in [0.25, 0.3) is 11.8 Å². The largest absolute Gasteiger partial charge is 0.525 e. The van der Waals surface area contributed by atoms with Gasteiger partial charge >= 0.3 is 15.6 Å². The topological polar surface area (TPSA) is 80.8 Å². The monoisotopic (exact) mass is 249 g/mol. The van der Waals surface area contributed by atoms with Gasteiger partial charge in [-0.05, 0) is 0 Å². The lowest BCUT2D eigenvalue weighted by atomic mass is 10.6. The van der Waals surface area contributed by atoms with E-state index in [-0.39, 0.29) is 0 Å². The van der Waals surface area contributed by atoms with Crippen molar-refractivity contribution in [2.75, 3.05) is 0 Å². The highest BCUT2D eigenvalue weighted by molar-refractivity contribution is 7.87. The Morgan fingerprint density at radius 1 is 1.13 bits per heavy atom. The molecule has 0 spiro atoms. The van der Waals surface area contributed by atoms with Gasteiger partial charge in [0.2, 0.25) is 0 Å². The average Bonchev–Trinajstić information content (AvgIpc) is 1.96. The van der Waals surface area contributed by atoms with Crippen molar-refractivity contribution in [3.63, 3.8) is 0 Å². The van der Waals surface area contributed by atoms with E-state index in [1.807, 2.05) is 0 Å². The number of alkyl halides is 3. The zero-order valence-corrected chi connectivity index (χ0v) is 8.35. The van der Waals surface area contributed by atoms with Gasteiger partial charge in [-0.15, -0.1) is 9.35 Å². The van der Waals surface area contributed by atoms with Crippen LogP contribution in [0.3, 0.4) is 0 Å². The van der Waals surface area contributed by atoms with Gasteiger partial charge in [-0.2, -0.15) is 21.6 Å². The molecule has 0 unspecified atom stereocenters. The lowest BCUT2D eigenvalue weighted by molar-refractivity contribution is -0.171. The minimum atomic E-state index is -6.00. The number of halogens is 3. The van der Waals surface area contributed by atoms with E-state index >= 15 is 0 Å². The second kappa shape index (κ2) is 4.14. The molecule has 0 aromatic rings. The SMILES string of the molecule is CC(=O)N(OS(=O)(=O)C(F)(F)F)C(C)=O. The van der Waals surface area contributed by atoms with E-state index in [4.69, 9.17) is 0 Å². The summed E-state index contributed by atoms with van der Waals surface area (Å²) in [5.41, 5.74) is -5.70. The molecule has 0 aliphatic carbocycles. The first-order valence-electron chi connectivity index (χ1n) is 3.31. The van der Waals surface area contributed by atoms with Gasteiger partial charge in [-0.1, -0.05) is 0 Å². The molecule has 0 N–H and O–H groups in total. The summed E-state index contributed by atoms with van der Waals surface area (Å²) in [4.78, 5) is 21.1. The number of carbonyl (C=O) groups is 2. The summed E-state index contributed by atoms with van der Waals surface area (Å²) in [5.74, 6) is -2.56. The first-order chi connectivity index (χ1) is 6.49. The zero-order valence-electron chi connectivity index (χ0n) is 7.53. The smallest absolute Gasteiger partial charge is 0.272 e. The fourth-order valence-electron chi connectivity index (χ4n) is 0.467. The third-order valence-corrected chi connectivity index (χ3v) is 1.94. The quantitative estimate of drug-likeness (QED) is 0.514. The van der Waals surface area contributed by atoms with Crippen LogP contribution in [0.15, 0.2) is 0 Å². The van der Waals surface area contributed by atoms with Gasteiger partial charge in [-0.3, -0.25) is 9.59 Å². The molecule has 0 bridgehead atoms. The Labute approximate surface area is 82.7 Å². The number of carbonyl (C=O) groups excluding carboxylic acids is 2. The number of hydrogen-bond acceptors (Lipinski definition) is 5. The molecule has 0 heterocycles. The van der Waals surface area contributed by atoms with Crippen molar-refractivity contribution in [2.24, 2.45) is 0 Å². The molecule has 0 saturated heterocycles. The normalized spacial score (nSPS) is 12.3. The summed E-state index contributed by atoms with van der Waals surface area (Å²) in [6.07, 6.45) is 0. The molecule has 0 aliphatic rings. The molecule has 0 atom stereocenters. The molecule has 0 saturated carbocycles. The molecule has 0 aliphatic heterocycles. The molecule has 2 amide bonds. The second-order valence-corrected chi connectivity index (χ2v) is 3.83. The van der Waals surface area contributed by atoms with Crippen LogP contribution >= 0.6 is 0 Å². The van der Waals surface area contributed by atoms with Gasteiger partial charge < -0.3 is 0 Å². The molecule has 0 aromatic carbocycles. The van der Waals surface area contributed by atoms with Crippen molar-refractivity contribution >= 4 is 21.9 Å². The standard InChI is InChI=1S/C5H6F3NO5S/c1-3(10)9(4(2)11)14-15(12,13)5(6,7)8/h1-2H3. The van der Waals surface area contributed by atoms with Crippen molar-refractivity contribution in [2.45, 2.75) is 19.4 Å². The molecule has 88 valence electrons. The molecule has 0 radical (unpaired) electrons. The predicted molar refractivity (Wildman–Crippen MR) is 39.3 cm³/mol.